The van der Waals surface area contributed by atoms with Crippen molar-refractivity contribution in [3.63, 3.8) is 0 Å². The third-order valence-corrected chi connectivity index (χ3v) is 3.95. The Bertz CT molecular complexity index is 468. The molecule has 96 valence electrons. The summed E-state index contributed by atoms with van der Waals surface area (Å²) in [6, 6.07) is 4.51. The minimum absolute atomic E-state index is 0.0224. The topological polar surface area (TPSA) is 66.4 Å². The summed E-state index contributed by atoms with van der Waals surface area (Å²) in [5.41, 5.74) is -1.09. The molecule has 17 heavy (non-hydrogen) atoms. The number of sulfonamides is 1. The maximum absolute atomic E-state index is 12.6. The zero-order valence-electron chi connectivity index (χ0n) is 9.77. The Labute approximate surface area is 101 Å². The SMILES string of the molecule is CCC(C)(O)CNS(=O)(=O)c1ccc(F)cc1. The molecule has 0 bridgehead atoms. The molecule has 0 heterocycles. The minimum atomic E-state index is -3.70. The highest BCUT2D eigenvalue weighted by molar-refractivity contribution is 7.89. The molecule has 4 nitrogen and oxygen atoms in total. The predicted molar refractivity (Wildman–Crippen MR) is 62.5 cm³/mol. The van der Waals surface area contributed by atoms with E-state index in [9.17, 15) is 17.9 Å². The Balaban J connectivity index is 2.79. The highest BCUT2D eigenvalue weighted by atomic mass is 32.2. The van der Waals surface area contributed by atoms with Crippen LogP contribution in [0.3, 0.4) is 0 Å². The predicted octanol–water partition coefficient (Wildman–Crippen LogP) is 1.26. The van der Waals surface area contributed by atoms with Crippen molar-refractivity contribution in [1.82, 2.24) is 4.72 Å². The van der Waals surface area contributed by atoms with Gasteiger partial charge in [0.25, 0.3) is 0 Å². The van der Waals surface area contributed by atoms with Crippen LogP contribution < -0.4 is 4.72 Å². The van der Waals surface area contributed by atoms with Crippen LogP contribution in [0.5, 0.6) is 0 Å². The van der Waals surface area contributed by atoms with E-state index in [-0.39, 0.29) is 11.4 Å². The first kappa shape index (κ1) is 14.1. The van der Waals surface area contributed by atoms with Crippen LogP contribution in [0.4, 0.5) is 4.39 Å². The Kier molecular flexibility index (Phi) is 4.24. The summed E-state index contributed by atoms with van der Waals surface area (Å²) in [4.78, 5) is -0.0224. The van der Waals surface area contributed by atoms with Gasteiger partial charge in [-0.3, -0.25) is 0 Å². The molecule has 0 fully saturated rings. The van der Waals surface area contributed by atoms with Gasteiger partial charge in [0, 0.05) is 6.54 Å². The smallest absolute Gasteiger partial charge is 0.240 e. The molecule has 1 aromatic rings. The fourth-order valence-electron chi connectivity index (χ4n) is 1.07. The lowest BCUT2D eigenvalue weighted by atomic mass is 10.1. The van der Waals surface area contributed by atoms with Crippen molar-refractivity contribution >= 4 is 10.0 Å². The number of rotatable bonds is 5. The van der Waals surface area contributed by atoms with Crippen LogP contribution in [-0.2, 0) is 10.0 Å². The van der Waals surface area contributed by atoms with Crippen LogP contribution in [0.15, 0.2) is 29.2 Å². The van der Waals surface area contributed by atoms with E-state index < -0.39 is 21.4 Å². The van der Waals surface area contributed by atoms with Crippen molar-refractivity contribution in [3.8, 4) is 0 Å². The molecule has 0 saturated carbocycles. The number of benzene rings is 1. The molecule has 0 saturated heterocycles. The van der Waals surface area contributed by atoms with Crippen LogP contribution >= 0.6 is 0 Å². The van der Waals surface area contributed by atoms with Gasteiger partial charge in [-0.1, -0.05) is 6.92 Å². The molecule has 0 aromatic heterocycles. The monoisotopic (exact) mass is 261 g/mol. The highest BCUT2D eigenvalue weighted by Gasteiger charge is 2.22. The first-order valence-corrected chi connectivity index (χ1v) is 6.73. The Hall–Kier alpha value is -0.980. The quantitative estimate of drug-likeness (QED) is 0.838. The maximum Gasteiger partial charge on any atom is 0.240 e. The second kappa shape index (κ2) is 5.12. The number of halogens is 1. The van der Waals surface area contributed by atoms with Gasteiger partial charge >= 0.3 is 0 Å². The van der Waals surface area contributed by atoms with Crippen molar-refractivity contribution in [3.05, 3.63) is 30.1 Å². The van der Waals surface area contributed by atoms with E-state index >= 15 is 0 Å². The number of nitrogens with one attached hydrogen (secondary N) is 1. The molecule has 0 aliphatic carbocycles. The molecule has 1 unspecified atom stereocenters. The molecule has 0 spiro atoms. The zero-order chi connectivity index (χ0) is 13.1. The Morgan fingerprint density at radius 1 is 1.35 bits per heavy atom. The van der Waals surface area contributed by atoms with E-state index in [0.29, 0.717) is 6.42 Å². The number of aliphatic hydroxyl groups is 1. The maximum atomic E-state index is 12.6. The van der Waals surface area contributed by atoms with Gasteiger partial charge in [-0.2, -0.15) is 0 Å². The van der Waals surface area contributed by atoms with Crippen molar-refractivity contribution in [2.45, 2.75) is 30.8 Å². The van der Waals surface area contributed by atoms with E-state index in [1.807, 2.05) is 0 Å². The van der Waals surface area contributed by atoms with Gasteiger partial charge in [0.15, 0.2) is 0 Å². The largest absolute Gasteiger partial charge is 0.389 e. The molecule has 1 rings (SSSR count). The summed E-state index contributed by atoms with van der Waals surface area (Å²) < 4.78 is 38.5. The number of hydrogen-bond acceptors (Lipinski definition) is 3. The van der Waals surface area contributed by atoms with E-state index in [4.69, 9.17) is 0 Å². The summed E-state index contributed by atoms with van der Waals surface area (Å²) in [5, 5.41) is 9.69. The van der Waals surface area contributed by atoms with E-state index in [1.54, 1.807) is 13.8 Å². The molecule has 0 aliphatic rings. The lowest BCUT2D eigenvalue weighted by molar-refractivity contribution is 0.0613. The average molecular weight is 261 g/mol. The molecule has 6 heteroatoms. The summed E-state index contributed by atoms with van der Waals surface area (Å²) in [6.07, 6.45) is 0.430. The van der Waals surface area contributed by atoms with Crippen molar-refractivity contribution in [2.24, 2.45) is 0 Å². The van der Waals surface area contributed by atoms with Crippen LogP contribution in [0.25, 0.3) is 0 Å². The molecule has 1 aromatic carbocycles. The average Bonchev–Trinajstić information content (AvgIpc) is 2.27. The van der Waals surface area contributed by atoms with Crippen molar-refractivity contribution in [2.75, 3.05) is 6.54 Å². The van der Waals surface area contributed by atoms with Crippen LogP contribution in [-0.4, -0.2) is 25.7 Å². The Morgan fingerprint density at radius 3 is 2.35 bits per heavy atom. The lowest BCUT2D eigenvalue weighted by Gasteiger charge is -2.21. The van der Waals surface area contributed by atoms with Gasteiger partial charge in [0.1, 0.15) is 5.82 Å². The van der Waals surface area contributed by atoms with Crippen LogP contribution in [0.2, 0.25) is 0 Å². The summed E-state index contributed by atoms with van der Waals surface area (Å²) in [5.74, 6) is -0.496. The fraction of sp³-hybridized carbons (Fsp3) is 0.455. The third kappa shape index (κ3) is 4.07. The van der Waals surface area contributed by atoms with Gasteiger partial charge in [-0.05, 0) is 37.6 Å². The fourth-order valence-corrected chi connectivity index (χ4v) is 2.23. The van der Waals surface area contributed by atoms with Crippen LogP contribution in [0, 0.1) is 5.82 Å². The molecular formula is C11H16FNO3S. The molecular weight excluding hydrogens is 245 g/mol. The van der Waals surface area contributed by atoms with Gasteiger partial charge in [0.2, 0.25) is 10.0 Å². The van der Waals surface area contributed by atoms with Gasteiger partial charge in [0.05, 0.1) is 10.5 Å². The molecule has 1 atom stereocenters. The summed E-state index contributed by atoms with van der Waals surface area (Å²) in [6.45, 7) is 3.22. The molecule has 0 amide bonds. The van der Waals surface area contributed by atoms with Gasteiger partial charge in [-0.25, -0.2) is 17.5 Å². The van der Waals surface area contributed by atoms with Crippen molar-refractivity contribution < 1.29 is 17.9 Å². The van der Waals surface area contributed by atoms with E-state index in [0.717, 1.165) is 12.1 Å². The third-order valence-electron chi connectivity index (χ3n) is 2.53. The summed E-state index contributed by atoms with van der Waals surface area (Å²) >= 11 is 0. The first-order chi connectivity index (χ1) is 7.77. The normalized spacial score (nSPS) is 15.5. The van der Waals surface area contributed by atoms with Gasteiger partial charge < -0.3 is 5.11 Å². The second-order valence-corrected chi connectivity index (χ2v) is 5.90. The Morgan fingerprint density at radius 2 is 1.88 bits per heavy atom. The second-order valence-electron chi connectivity index (χ2n) is 4.13. The highest BCUT2D eigenvalue weighted by Crippen LogP contribution is 2.12. The molecule has 2 N–H and O–H groups in total. The summed E-state index contributed by atoms with van der Waals surface area (Å²) in [7, 11) is -3.70. The standard InChI is InChI=1S/C11H16FNO3S/c1-3-11(2,14)8-13-17(15,16)10-6-4-9(12)5-7-10/h4-7,13-14H,3,8H2,1-2H3. The number of hydrogen-bond donors (Lipinski definition) is 2. The van der Waals surface area contributed by atoms with Gasteiger partial charge in [-0.15, -0.1) is 0 Å². The molecule has 0 aliphatic heterocycles. The lowest BCUT2D eigenvalue weighted by Crippen LogP contribution is -2.40. The van der Waals surface area contributed by atoms with Crippen LogP contribution in [0.1, 0.15) is 20.3 Å². The first-order valence-electron chi connectivity index (χ1n) is 5.24. The molecule has 0 radical (unpaired) electrons. The minimum Gasteiger partial charge on any atom is -0.389 e. The van der Waals surface area contributed by atoms with E-state index in [1.165, 1.54) is 12.1 Å². The van der Waals surface area contributed by atoms with E-state index in [2.05, 4.69) is 4.72 Å². The zero-order valence-corrected chi connectivity index (χ0v) is 10.6. The van der Waals surface area contributed by atoms with Crippen molar-refractivity contribution in [1.29, 1.82) is 0 Å².